The topological polar surface area (TPSA) is 26.3 Å². The first kappa shape index (κ1) is 14.3. The van der Waals surface area contributed by atoms with Crippen LogP contribution in [-0.2, 0) is 11.2 Å². The third-order valence-corrected chi connectivity index (χ3v) is 3.60. The van der Waals surface area contributed by atoms with E-state index in [0.29, 0.717) is 6.42 Å². The number of carbonyl (C=O) groups excluding carboxylic acids is 1. The number of ketones is 1. The van der Waals surface area contributed by atoms with E-state index in [2.05, 4.69) is 0 Å². The van der Waals surface area contributed by atoms with Gasteiger partial charge in [0.25, 0.3) is 0 Å². The van der Waals surface area contributed by atoms with Crippen molar-refractivity contribution in [2.75, 3.05) is 7.11 Å². The monoisotopic (exact) mass is 268 g/mol. The molecular formula is C18H20O2. The van der Waals surface area contributed by atoms with Crippen molar-refractivity contribution in [3.05, 3.63) is 65.7 Å². The smallest absolute Gasteiger partial charge is 0.140 e. The molecule has 0 saturated carbocycles. The van der Waals surface area contributed by atoms with Crippen molar-refractivity contribution >= 4 is 5.78 Å². The number of Topliss-reactive ketones (excluding diaryl/α,β-unsaturated/α-hetero) is 1. The first-order valence-corrected chi connectivity index (χ1v) is 6.91. The molecule has 0 spiro atoms. The lowest BCUT2D eigenvalue weighted by molar-refractivity contribution is -0.120. The standard InChI is InChI=1S/C18H20O2/c1-14(16-6-4-3-5-7-16)18(19)13-10-15-8-11-17(20-2)12-9-15/h3-9,11-12,14H,10,13H2,1-2H3/t14-/m0/s1. The quantitative estimate of drug-likeness (QED) is 0.791. The van der Waals surface area contributed by atoms with Crippen LogP contribution in [0.15, 0.2) is 54.6 Å². The van der Waals surface area contributed by atoms with E-state index in [-0.39, 0.29) is 11.7 Å². The molecule has 0 bridgehead atoms. The molecule has 104 valence electrons. The second kappa shape index (κ2) is 6.90. The van der Waals surface area contributed by atoms with Crippen molar-refractivity contribution in [2.45, 2.75) is 25.7 Å². The van der Waals surface area contributed by atoms with Crippen LogP contribution in [0, 0.1) is 0 Å². The summed E-state index contributed by atoms with van der Waals surface area (Å²) in [5, 5.41) is 0. The maximum Gasteiger partial charge on any atom is 0.140 e. The zero-order valence-corrected chi connectivity index (χ0v) is 12.0. The van der Waals surface area contributed by atoms with Gasteiger partial charge in [0.05, 0.1) is 7.11 Å². The van der Waals surface area contributed by atoms with Gasteiger partial charge >= 0.3 is 0 Å². The Hall–Kier alpha value is -2.09. The van der Waals surface area contributed by atoms with E-state index in [1.807, 2.05) is 61.5 Å². The van der Waals surface area contributed by atoms with E-state index >= 15 is 0 Å². The van der Waals surface area contributed by atoms with Gasteiger partial charge < -0.3 is 4.74 Å². The summed E-state index contributed by atoms with van der Waals surface area (Å²) >= 11 is 0. The Morgan fingerprint density at radius 2 is 1.70 bits per heavy atom. The molecule has 2 aromatic rings. The molecule has 0 unspecified atom stereocenters. The fourth-order valence-corrected chi connectivity index (χ4v) is 2.20. The average molecular weight is 268 g/mol. The van der Waals surface area contributed by atoms with E-state index in [9.17, 15) is 4.79 Å². The van der Waals surface area contributed by atoms with Crippen LogP contribution in [0.5, 0.6) is 5.75 Å². The van der Waals surface area contributed by atoms with Crippen LogP contribution in [0.2, 0.25) is 0 Å². The minimum atomic E-state index is -0.0329. The molecule has 1 atom stereocenters. The van der Waals surface area contributed by atoms with E-state index in [4.69, 9.17) is 4.74 Å². The van der Waals surface area contributed by atoms with Crippen molar-refractivity contribution in [2.24, 2.45) is 0 Å². The molecule has 0 amide bonds. The first-order chi connectivity index (χ1) is 9.70. The summed E-state index contributed by atoms with van der Waals surface area (Å²) in [5.41, 5.74) is 2.26. The molecule has 2 aromatic carbocycles. The molecule has 0 radical (unpaired) electrons. The second-order valence-electron chi connectivity index (χ2n) is 4.95. The Morgan fingerprint density at radius 1 is 1.05 bits per heavy atom. The van der Waals surface area contributed by atoms with Gasteiger partial charge in [0, 0.05) is 12.3 Å². The zero-order chi connectivity index (χ0) is 14.4. The first-order valence-electron chi connectivity index (χ1n) is 6.91. The van der Waals surface area contributed by atoms with Crippen molar-refractivity contribution in [1.82, 2.24) is 0 Å². The molecule has 0 aliphatic carbocycles. The lowest BCUT2D eigenvalue weighted by Gasteiger charge is -2.10. The van der Waals surface area contributed by atoms with Crippen molar-refractivity contribution < 1.29 is 9.53 Å². The Bertz CT molecular complexity index is 543. The maximum atomic E-state index is 12.2. The zero-order valence-electron chi connectivity index (χ0n) is 12.0. The van der Waals surface area contributed by atoms with Crippen molar-refractivity contribution in [1.29, 1.82) is 0 Å². The fraction of sp³-hybridized carbons (Fsp3) is 0.278. The number of methoxy groups -OCH3 is 1. The second-order valence-corrected chi connectivity index (χ2v) is 4.95. The molecule has 0 aliphatic rings. The minimum Gasteiger partial charge on any atom is -0.497 e. The Morgan fingerprint density at radius 3 is 2.30 bits per heavy atom. The summed E-state index contributed by atoms with van der Waals surface area (Å²) < 4.78 is 5.12. The van der Waals surface area contributed by atoms with Crippen LogP contribution in [0.3, 0.4) is 0 Å². The predicted octanol–water partition coefficient (Wildman–Crippen LogP) is 4.00. The minimum absolute atomic E-state index is 0.0329. The normalized spacial score (nSPS) is 11.9. The highest BCUT2D eigenvalue weighted by Gasteiger charge is 2.14. The van der Waals surface area contributed by atoms with Crippen LogP contribution in [0.4, 0.5) is 0 Å². The Labute approximate surface area is 120 Å². The molecule has 0 aliphatic heterocycles. The Kier molecular flexibility index (Phi) is 4.94. The van der Waals surface area contributed by atoms with Crippen LogP contribution >= 0.6 is 0 Å². The Balaban J connectivity index is 1.91. The van der Waals surface area contributed by atoms with Gasteiger partial charge in [0.1, 0.15) is 11.5 Å². The van der Waals surface area contributed by atoms with E-state index in [1.54, 1.807) is 7.11 Å². The van der Waals surface area contributed by atoms with Gasteiger partial charge in [-0.1, -0.05) is 49.4 Å². The van der Waals surface area contributed by atoms with Gasteiger partial charge in [-0.2, -0.15) is 0 Å². The van der Waals surface area contributed by atoms with E-state index < -0.39 is 0 Å². The molecular weight excluding hydrogens is 248 g/mol. The number of hydrogen-bond acceptors (Lipinski definition) is 2. The predicted molar refractivity (Wildman–Crippen MR) is 81.2 cm³/mol. The molecule has 0 aromatic heterocycles. The van der Waals surface area contributed by atoms with Crippen LogP contribution < -0.4 is 4.74 Å². The number of aryl methyl sites for hydroxylation is 1. The summed E-state index contributed by atoms with van der Waals surface area (Å²) in [6, 6.07) is 17.8. The van der Waals surface area contributed by atoms with Crippen molar-refractivity contribution in [3.63, 3.8) is 0 Å². The molecule has 2 nitrogen and oxygen atoms in total. The number of benzene rings is 2. The number of rotatable bonds is 6. The highest BCUT2D eigenvalue weighted by atomic mass is 16.5. The van der Waals surface area contributed by atoms with Gasteiger partial charge in [-0.3, -0.25) is 4.79 Å². The molecule has 0 saturated heterocycles. The number of hydrogen-bond donors (Lipinski definition) is 0. The highest BCUT2D eigenvalue weighted by Crippen LogP contribution is 2.19. The summed E-state index contributed by atoms with van der Waals surface area (Å²) in [5.74, 6) is 1.10. The average Bonchev–Trinajstić information content (AvgIpc) is 2.53. The van der Waals surface area contributed by atoms with E-state index in [1.165, 1.54) is 5.56 Å². The largest absolute Gasteiger partial charge is 0.497 e. The molecule has 20 heavy (non-hydrogen) atoms. The highest BCUT2D eigenvalue weighted by molar-refractivity contribution is 5.85. The lowest BCUT2D eigenvalue weighted by atomic mass is 9.93. The van der Waals surface area contributed by atoms with Crippen molar-refractivity contribution in [3.8, 4) is 5.75 Å². The fourth-order valence-electron chi connectivity index (χ4n) is 2.20. The van der Waals surface area contributed by atoms with Gasteiger partial charge in [0.15, 0.2) is 0 Å². The molecule has 0 fully saturated rings. The van der Waals surface area contributed by atoms with Crippen LogP contribution in [0.25, 0.3) is 0 Å². The molecule has 2 rings (SSSR count). The van der Waals surface area contributed by atoms with E-state index in [0.717, 1.165) is 17.7 Å². The third-order valence-electron chi connectivity index (χ3n) is 3.60. The van der Waals surface area contributed by atoms with Crippen LogP contribution in [0.1, 0.15) is 30.4 Å². The molecule has 0 heterocycles. The molecule has 0 N–H and O–H groups in total. The van der Waals surface area contributed by atoms with Gasteiger partial charge in [-0.05, 0) is 29.7 Å². The summed E-state index contributed by atoms with van der Waals surface area (Å²) in [6.45, 7) is 1.98. The van der Waals surface area contributed by atoms with Crippen LogP contribution in [-0.4, -0.2) is 12.9 Å². The maximum absolute atomic E-state index is 12.2. The molecule has 2 heteroatoms. The van der Waals surface area contributed by atoms with Gasteiger partial charge in [-0.25, -0.2) is 0 Å². The lowest BCUT2D eigenvalue weighted by Crippen LogP contribution is -2.10. The SMILES string of the molecule is COc1ccc(CCC(=O)[C@@H](C)c2ccccc2)cc1. The summed E-state index contributed by atoms with van der Waals surface area (Å²) in [7, 11) is 1.65. The van der Waals surface area contributed by atoms with Gasteiger partial charge in [-0.15, -0.1) is 0 Å². The van der Waals surface area contributed by atoms with Gasteiger partial charge in [0.2, 0.25) is 0 Å². The number of ether oxygens (including phenoxy) is 1. The summed E-state index contributed by atoms with van der Waals surface area (Å²) in [4.78, 5) is 12.2. The third kappa shape index (κ3) is 3.70. The number of carbonyl (C=O) groups is 1. The summed E-state index contributed by atoms with van der Waals surface area (Å²) in [6.07, 6.45) is 1.35.